The predicted molar refractivity (Wildman–Crippen MR) is 114 cm³/mol. The average molecular weight is 456 g/mol. The number of para-hydroxylation sites is 1. The Morgan fingerprint density at radius 2 is 1.83 bits per heavy atom. The number of halogens is 2. The number of benzene rings is 3. The summed E-state index contributed by atoms with van der Waals surface area (Å²) < 4.78 is 19.4. The highest BCUT2D eigenvalue weighted by atomic mass is 79.9. The first kappa shape index (κ1) is 19.5. The highest BCUT2D eigenvalue weighted by molar-refractivity contribution is 9.10. The number of phenolic OH excluding ortho intramolecular Hbond substituents is 1. The van der Waals surface area contributed by atoms with Crippen LogP contribution >= 0.6 is 15.9 Å². The summed E-state index contributed by atoms with van der Waals surface area (Å²) in [4.78, 5) is 0. The van der Waals surface area contributed by atoms with Gasteiger partial charge < -0.3 is 20.5 Å². The van der Waals surface area contributed by atoms with Gasteiger partial charge in [-0.2, -0.15) is 0 Å². The molecule has 0 saturated heterocycles. The Morgan fingerprint density at radius 1 is 1.07 bits per heavy atom. The third-order valence-electron chi connectivity index (χ3n) is 5.06. The van der Waals surface area contributed by atoms with Gasteiger partial charge >= 0.3 is 0 Å². The average Bonchev–Trinajstić information content (AvgIpc) is 2.75. The first-order valence-corrected chi connectivity index (χ1v) is 10.0. The van der Waals surface area contributed by atoms with Gasteiger partial charge in [0.05, 0.1) is 17.1 Å². The largest absolute Gasteiger partial charge is 0.507 e. The van der Waals surface area contributed by atoms with Crippen molar-refractivity contribution in [2.24, 2.45) is 0 Å². The number of hydrogen-bond acceptors (Lipinski definition) is 3. The lowest BCUT2D eigenvalue weighted by Gasteiger charge is -2.30. The van der Waals surface area contributed by atoms with Gasteiger partial charge in [0.2, 0.25) is 0 Å². The van der Waals surface area contributed by atoms with Crippen LogP contribution in [0.1, 0.15) is 28.9 Å². The van der Waals surface area contributed by atoms with Gasteiger partial charge in [-0.3, -0.25) is 0 Å². The van der Waals surface area contributed by atoms with Gasteiger partial charge in [-0.25, -0.2) is 4.39 Å². The molecule has 0 spiro atoms. The molecule has 4 nitrogen and oxygen atoms in total. The molecule has 4 N–H and O–H groups in total. The Labute approximate surface area is 177 Å². The summed E-state index contributed by atoms with van der Waals surface area (Å²) in [6.45, 7) is 0. The fourth-order valence-corrected chi connectivity index (χ4v) is 3.92. The van der Waals surface area contributed by atoms with Crippen LogP contribution in [-0.4, -0.2) is 12.2 Å². The molecule has 3 aromatic carbocycles. The van der Waals surface area contributed by atoms with Crippen molar-refractivity contribution in [3.05, 3.63) is 99.8 Å². The third-order valence-corrected chi connectivity index (χ3v) is 5.66. The molecular weight excluding hydrogens is 435 g/mol. The highest BCUT2D eigenvalue weighted by Gasteiger charge is 2.29. The summed E-state index contributed by atoms with van der Waals surface area (Å²) in [6, 6.07) is 20.0. The Balaban J connectivity index is 1.75. The van der Waals surface area contributed by atoms with Crippen molar-refractivity contribution in [2.45, 2.75) is 12.2 Å². The third kappa shape index (κ3) is 4.13. The summed E-state index contributed by atoms with van der Waals surface area (Å²) in [6.07, 6.45) is 1.94. The molecule has 2 unspecified atom stereocenters. The molecule has 4 rings (SSSR count). The van der Waals surface area contributed by atoms with E-state index in [1.165, 1.54) is 6.07 Å². The Kier molecular flexibility index (Phi) is 5.56. The quantitative estimate of drug-likeness (QED) is 0.550. The Morgan fingerprint density at radius 3 is 2.52 bits per heavy atom. The van der Waals surface area contributed by atoms with Crippen molar-refractivity contribution >= 4 is 21.6 Å². The van der Waals surface area contributed by atoms with Crippen LogP contribution in [0.3, 0.4) is 0 Å². The van der Waals surface area contributed by atoms with E-state index in [1.54, 1.807) is 25.3 Å². The van der Waals surface area contributed by atoms with Crippen molar-refractivity contribution < 1.29 is 19.6 Å². The van der Waals surface area contributed by atoms with Crippen molar-refractivity contribution in [3.8, 4) is 11.5 Å². The molecule has 0 bridgehead atoms. The van der Waals surface area contributed by atoms with Gasteiger partial charge in [-0.15, -0.1) is 0 Å². The summed E-state index contributed by atoms with van der Waals surface area (Å²) in [5.41, 5.74) is 3.70. The number of hydrogen-bond donors (Lipinski definition) is 3. The van der Waals surface area contributed by atoms with E-state index in [4.69, 9.17) is 4.74 Å². The van der Waals surface area contributed by atoms with Gasteiger partial charge in [0.15, 0.2) is 6.17 Å². The molecule has 29 heavy (non-hydrogen) atoms. The van der Waals surface area contributed by atoms with E-state index in [1.807, 2.05) is 42.5 Å². The molecule has 1 aliphatic heterocycles. The van der Waals surface area contributed by atoms with Crippen molar-refractivity contribution in [2.75, 3.05) is 7.11 Å². The minimum Gasteiger partial charge on any atom is -0.507 e. The van der Waals surface area contributed by atoms with Gasteiger partial charge in [0, 0.05) is 17.3 Å². The van der Waals surface area contributed by atoms with E-state index < -0.39 is 0 Å². The van der Waals surface area contributed by atoms with Crippen LogP contribution in [0.5, 0.6) is 11.5 Å². The second kappa shape index (κ2) is 8.27. The molecule has 0 aromatic heterocycles. The molecule has 1 heterocycles. The maximum Gasteiger partial charge on any atom is 0.186 e. The van der Waals surface area contributed by atoms with Crippen LogP contribution in [0.2, 0.25) is 0 Å². The number of ether oxygens (including phenoxy) is 1. The number of quaternary nitrogens is 1. The summed E-state index contributed by atoms with van der Waals surface area (Å²) in [5, 5.41) is 16.0. The molecule has 0 radical (unpaired) electrons. The van der Waals surface area contributed by atoms with E-state index in [0.717, 1.165) is 28.1 Å². The first-order valence-electron chi connectivity index (χ1n) is 9.26. The number of methoxy groups -OCH3 is 1. The van der Waals surface area contributed by atoms with Gasteiger partial charge in [0.25, 0.3) is 0 Å². The first-order chi connectivity index (χ1) is 14.0. The van der Waals surface area contributed by atoms with E-state index in [9.17, 15) is 9.50 Å². The van der Waals surface area contributed by atoms with Crippen LogP contribution < -0.4 is 15.4 Å². The zero-order valence-electron chi connectivity index (χ0n) is 15.8. The maximum atomic E-state index is 13.7. The fraction of sp³-hybridized carbons (Fsp3) is 0.130. The summed E-state index contributed by atoms with van der Waals surface area (Å²) in [5.74, 6) is 0.737. The zero-order chi connectivity index (χ0) is 20.4. The van der Waals surface area contributed by atoms with Crippen LogP contribution in [0.15, 0.2) is 77.3 Å². The monoisotopic (exact) mass is 455 g/mol. The minimum atomic E-state index is -0.298. The van der Waals surface area contributed by atoms with Gasteiger partial charge in [0.1, 0.15) is 23.4 Å². The number of rotatable bonds is 4. The van der Waals surface area contributed by atoms with Crippen LogP contribution in [-0.2, 0) is 0 Å². The highest BCUT2D eigenvalue weighted by Crippen LogP contribution is 2.30. The lowest BCUT2D eigenvalue weighted by Crippen LogP contribution is -2.89. The standard InChI is InChI=1S/C23H20BrFN2O2/c1-29-16-9-6-14(7-10-16)20-13-21(17-4-2-3-5-22(17)28)27-23(26-20)15-8-11-19(25)18(24)12-15/h2-13,21,23,26-28H,1H3/p+1. The van der Waals surface area contributed by atoms with Crippen LogP contribution in [0.25, 0.3) is 5.70 Å². The number of aromatic hydroxyl groups is 1. The van der Waals surface area contributed by atoms with E-state index >= 15 is 0 Å². The molecular formula is C23H21BrFN2O2+. The van der Waals surface area contributed by atoms with Gasteiger partial charge in [-0.05, 0) is 76.1 Å². The van der Waals surface area contributed by atoms with Gasteiger partial charge in [-0.1, -0.05) is 12.1 Å². The van der Waals surface area contributed by atoms with Crippen LogP contribution in [0, 0.1) is 5.82 Å². The molecule has 2 atom stereocenters. The second-order valence-corrected chi connectivity index (χ2v) is 7.74. The second-order valence-electron chi connectivity index (χ2n) is 6.88. The van der Waals surface area contributed by atoms with E-state index in [2.05, 4.69) is 32.6 Å². The van der Waals surface area contributed by atoms with E-state index in [0.29, 0.717) is 4.47 Å². The smallest absolute Gasteiger partial charge is 0.186 e. The normalized spacial score (nSPS) is 18.7. The lowest BCUT2D eigenvalue weighted by molar-refractivity contribution is -0.731. The fourth-order valence-electron chi connectivity index (χ4n) is 3.52. The topological polar surface area (TPSA) is 58.1 Å². The number of phenols is 1. The minimum absolute atomic E-state index is 0.108. The molecule has 148 valence electrons. The lowest BCUT2D eigenvalue weighted by atomic mass is 9.98. The van der Waals surface area contributed by atoms with Crippen molar-refractivity contribution in [3.63, 3.8) is 0 Å². The molecule has 1 aliphatic rings. The number of nitrogens with one attached hydrogen (secondary N) is 1. The molecule has 0 amide bonds. The predicted octanol–water partition coefficient (Wildman–Crippen LogP) is 4.25. The SMILES string of the molecule is COc1ccc(C2=CC(c3ccccc3O)[NH2+]C(c3ccc(F)c(Br)c3)N2)cc1. The molecule has 0 saturated carbocycles. The van der Waals surface area contributed by atoms with Crippen molar-refractivity contribution in [1.82, 2.24) is 5.32 Å². The maximum absolute atomic E-state index is 13.7. The van der Waals surface area contributed by atoms with E-state index in [-0.39, 0.29) is 23.8 Å². The molecule has 0 fully saturated rings. The van der Waals surface area contributed by atoms with Crippen LogP contribution in [0.4, 0.5) is 4.39 Å². The Bertz CT molecular complexity index is 1050. The zero-order valence-corrected chi connectivity index (χ0v) is 17.4. The molecule has 6 heteroatoms. The molecule has 3 aromatic rings. The summed E-state index contributed by atoms with van der Waals surface area (Å²) in [7, 11) is 1.64. The van der Waals surface area contributed by atoms with Crippen molar-refractivity contribution in [1.29, 1.82) is 0 Å². The summed E-state index contributed by atoms with van der Waals surface area (Å²) >= 11 is 3.28. The Hall–Kier alpha value is -2.83. The molecule has 0 aliphatic carbocycles. The number of nitrogens with two attached hydrogens (primary N) is 1.